The molecule has 3 heterocycles. The number of anilines is 2. The van der Waals surface area contributed by atoms with Gasteiger partial charge in [-0.15, -0.1) is 0 Å². The molecular weight excluding hydrogens is 342 g/mol. The van der Waals surface area contributed by atoms with E-state index in [1.807, 2.05) is 29.7 Å². The van der Waals surface area contributed by atoms with Crippen LogP contribution < -0.4 is 16.1 Å². The number of hydrogen-bond donors (Lipinski definition) is 0. The van der Waals surface area contributed by atoms with Gasteiger partial charge >= 0.3 is 5.69 Å². The molecule has 0 saturated carbocycles. The van der Waals surface area contributed by atoms with Gasteiger partial charge in [-0.3, -0.25) is 13.9 Å². The molecule has 0 N–H and O–H groups in total. The van der Waals surface area contributed by atoms with E-state index in [9.17, 15) is 9.59 Å². The summed E-state index contributed by atoms with van der Waals surface area (Å²) in [6, 6.07) is 5.73. The van der Waals surface area contributed by atoms with Gasteiger partial charge in [0.15, 0.2) is 11.2 Å². The number of fused-ring (bicyclic) bond motifs is 3. The molecule has 7 nitrogen and oxygen atoms in total. The van der Waals surface area contributed by atoms with E-state index in [0.29, 0.717) is 28.7 Å². The third kappa shape index (κ3) is 2.22. The van der Waals surface area contributed by atoms with E-state index < -0.39 is 0 Å². The van der Waals surface area contributed by atoms with Gasteiger partial charge in [-0.1, -0.05) is 17.7 Å². The van der Waals surface area contributed by atoms with Gasteiger partial charge in [0.2, 0.25) is 5.95 Å². The van der Waals surface area contributed by atoms with E-state index in [1.54, 1.807) is 7.05 Å². The summed E-state index contributed by atoms with van der Waals surface area (Å²) in [6.07, 6.45) is 0.871. The topological polar surface area (TPSA) is 65.1 Å². The van der Waals surface area contributed by atoms with Crippen LogP contribution in [0.15, 0.2) is 27.8 Å². The molecule has 4 rings (SSSR count). The van der Waals surface area contributed by atoms with Crippen molar-refractivity contribution in [3.8, 4) is 0 Å². The molecule has 3 aromatic rings. The molecular formula is C17H18ClN5O2. The predicted octanol–water partition coefficient (Wildman–Crippen LogP) is 1.94. The summed E-state index contributed by atoms with van der Waals surface area (Å²) in [7, 11) is 3.13. The van der Waals surface area contributed by atoms with Gasteiger partial charge in [0, 0.05) is 37.9 Å². The van der Waals surface area contributed by atoms with Crippen molar-refractivity contribution in [2.45, 2.75) is 19.9 Å². The number of benzene rings is 1. The molecule has 0 unspecified atom stereocenters. The molecule has 0 atom stereocenters. The van der Waals surface area contributed by atoms with Crippen molar-refractivity contribution in [3.05, 3.63) is 49.6 Å². The molecule has 1 aromatic carbocycles. The first-order valence-corrected chi connectivity index (χ1v) is 8.48. The maximum atomic E-state index is 12.6. The lowest BCUT2D eigenvalue weighted by Crippen LogP contribution is -2.38. The zero-order valence-electron chi connectivity index (χ0n) is 14.3. The highest BCUT2D eigenvalue weighted by Crippen LogP contribution is 2.34. The zero-order chi connectivity index (χ0) is 17.9. The maximum absolute atomic E-state index is 12.6. The molecule has 1 aliphatic heterocycles. The summed E-state index contributed by atoms with van der Waals surface area (Å²) in [5, 5.41) is 0.650. The molecule has 1 aliphatic rings. The summed E-state index contributed by atoms with van der Waals surface area (Å²) in [6.45, 7) is 3.48. The second-order valence-corrected chi connectivity index (χ2v) is 6.81. The van der Waals surface area contributed by atoms with Crippen LogP contribution in [0.2, 0.25) is 5.02 Å². The Labute approximate surface area is 148 Å². The highest BCUT2D eigenvalue weighted by molar-refractivity contribution is 6.30. The van der Waals surface area contributed by atoms with Crippen LogP contribution in [0.5, 0.6) is 0 Å². The third-order valence-corrected chi connectivity index (χ3v) is 5.03. The fraction of sp³-hybridized carbons (Fsp3) is 0.353. The quantitative estimate of drug-likeness (QED) is 0.666. The van der Waals surface area contributed by atoms with Crippen molar-refractivity contribution in [2.24, 2.45) is 14.1 Å². The van der Waals surface area contributed by atoms with Gasteiger partial charge in [-0.05, 0) is 31.0 Å². The largest absolute Gasteiger partial charge is 0.332 e. The summed E-state index contributed by atoms with van der Waals surface area (Å²) >= 11 is 6.18. The molecule has 8 heteroatoms. The monoisotopic (exact) mass is 359 g/mol. The minimum atomic E-state index is -0.376. The first-order chi connectivity index (χ1) is 11.9. The second-order valence-electron chi connectivity index (χ2n) is 6.38. The van der Waals surface area contributed by atoms with E-state index in [0.717, 1.165) is 28.8 Å². The number of halogens is 1. The normalized spacial score (nSPS) is 14.2. The van der Waals surface area contributed by atoms with Crippen LogP contribution in [-0.4, -0.2) is 25.2 Å². The molecule has 0 saturated heterocycles. The Morgan fingerprint density at radius 2 is 1.88 bits per heavy atom. The fourth-order valence-electron chi connectivity index (χ4n) is 3.44. The minimum Gasteiger partial charge on any atom is -0.312 e. The van der Waals surface area contributed by atoms with Crippen molar-refractivity contribution in [2.75, 3.05) is 11.4 Å². The average molecular weight is 360 g/mol. The van der Waals surface area contributed by atoms with Crippen LogP contribution in [0, 0.1) is 6.92 Å². The highest BCUT2D eigenvalue weighted by Gasteiger charge is 2.27. The predicted molar refractivity (Wildman–Crippen MR) is 98.0 cm³/mol. The van der Waals surface area contributed by atoms with Crippen molar-refractivity contribution >= 4 is 34.4 Å². The summed E-state index contributed by atoms with van der Waals surface area (Å²) < 4.78 is 4.45. The highest BCUT2D eigenvalue weighted by atomic mass is 35.5. The van der Waals surface area contributed by atoms with Gasteiger partial charge in [0.1, 0.15) is 0 Å². The van der Waals surface area contributed by atoms with Gasteiger partial charge in [0.25, 0.3) is 5.56 Å². The lowest BCUT2D eigenvalue weighted by molar-refractivity contribution is 0.599. The molecule has 0 aliphatic carbocycles. The van der Waals surface area contributed by atoms with Gasteiger partial charge in [-0.2, -0.15) is 4.98 Å². The molecule has 130 valence electrons. The number of imidazole rings is 1. The van der Waals surface area contributed by atoms with E-state index in [-0.39, 0.29) is 11.2 Å². The number of rotatable bonds is 1. The van der Waals surface area contributed by atoms with Crippen LogP contribution in [-0.2, 0) is 20.6 Å². The minimum absolute atomic E-state index is 0.318. The lowest BCUT2D eigenvalue weighted by atomic mass is 10.1. The van der Waals surface area contributed by atoms with Crippen LogP contribution in [0.1, 0.15) is 12.0 Å². The summed E-state index contributed by atoms with van der Waals surface area (Å²) in [5.74, 6) is 0.671. The Hall–Kier alpha value is -2.54. The Morgan fingerprint density at radius 1 is 1.12 bits per heavy atom. The van der Waals surface area contributed by atoms with E-state index in [1.165, 1.54) is 11.6 Å². The Kier molecular flexibility index (Phi) is 3.50. The summed E-state index contributed by atoms with van der Waals surface area (Å²) in [5.41, 5.74) is 2.22. The number of aromatic nitrogens is 4. The number of hydrogen-bond acceptors (Lipinski definition) is 4. The SMILES string of the molecule is Cc1ccc(Cl)cc1N1CCCn2c1nc1c2c(=O)n(C)c(=O)n1C. The van der Waals surface area contributed by atoms with E-state index in [4.69, 9.17) is 11.6 Å². The molecule has 0 spiro atoms. The Balaban J connectivity index is 2.05. The lowest BCUT2D eigenvalue weighted by Gasteiger charge is -2.30. The summed E-state index contributed by atoms with van der Waals surface area (Å²) in [4.78, 5) is 31.6. The fourth-order valence-corrected chi connectivity index (χ4v) is 3.61. The molecule has 2 aromatic heterocycles. The zero-order valence-corrected chi connectivity index (χ0v) is 15.0. The Morgan fingerprint density at radius 3 is 2.64 bits per heavy atom. The molecule has 0 amide bonds. The van der Waals surface area contributed by atoms with Gasteiger partial charge in [-0.25, -0.2) is 4.79 Å². The molecule has 0 fully saturated rings. The first-order valence-electron chi connectivity index (χ1n) is 8.10. The van der Waals surface area contributed by atoms with Crippen LogP contribution in [0.25, 0.3) is 11.2 Å². The van der Waals surface area contributed by atoms with Crippen LogP contribution >= 0.6 is 11.6 Å². The number of aryl methyl sites for hydroxylation is 3. The van der Waals surface area contributed by atoms with Crippen molar-refractivity contribution in [1.29, 1.82) is 0 Å². The molecule has 25 heavy (non-hydrogen) atoms. The van der Waals surface area contributed by atoms with Crippen molar-refractivity contribution in [3.63, 3.8) is 0 Å². The first kappa shape index (κ1) is 16.0. The standard InChI is InChI=1S/C17H18ClN5O2/c1-10-5-6-11(18)9-12(10)22-7-4-8-23-13-14(19-16(22)23)20(2)17(25)21(3)15(13)24/h5-6,9H,4,7-8H2,1-3H3. The van der Waals surface area contributed by atoms with E-state index in [2.05, 4.69) is 9.88 Å². The van der Waals surface area contributed by atoms with Crippen LogP contribution in [0.3, 0.4) is 0 Å². The molecule has 0 radical (unpaired) electrons. The van der Waals surface area contributed by atoms with Gasteiger partial charge in [0.05, 0.1) is 0 Å². The average Bonchev–Trinajstić information content (AvgIpc) is 3.00. The van der Waals surface area contributed by atoms with Crippen molar-refractivity contribution in [1.82, 2.24) is 18.7 Å². The molecule has 0 bridgehead atoms. The third-order valence-electron chi connectivity index (χ3n) is 4.79. The Bertz CT molecular complexity index is 1120. The maximum Gasteiger partial charge on any atom is 0.332 e. The number of nitrogens with zero attached hydrogens (tertiary/aromatic N) is 5. The smallest absolute Gasteiger partial charge is 0.312 e. The van der Waals surface area contributed by atoms with Gasteiger partial charge < -0.3 is 9.47 Å². The second kappa shape index (κ2) is 5.49. The van der Waals surface area contributed by atoms with Crippen molar-refractivity contribution < 1.29 is 0 Å². The van der Waals surface area contributed by atoms with Crippen LogP contribution in [0.4, 0.5) is 11.6 Å². The van der Waals surface area contributed by atoms with E-state index >= 15 is 0 Å².